The van der Waals surface area contributed by atoms with Crippen LogP contribution in [0, 0.1) is 23.3 Å². The molecule has 0 aliphatic rings. The summed E-state index contributed by atoms with van der Waals surface area (Å²) in [6, 6.07) is 22.8. The van der Waals surface area contributed by atoms with E-state index < -0.39 is 29.2 Å². The standard InChI is InChI=1S/C24H16ClF4P/c25-30(21-9-1-17(26)2-10-21,22-11-3-18(27)4-12-22,23-13-5-19(28)6-14-23)24-15-7-20(29)8-16-24/h1-16H. The number of benzene rings is 4. The van der Waals surface area contributed by atoms with E-state index in [9.17, 15) is 17.6 Å². The third kappa shape index (κ3) is 3.12. The molecule has 0 radical (unpaired) electrons. The zero-order valence-corrected chi connectivity index (χ0v) is 17.2. The van der Waals surface area contributed by atoms with Crippen molar-refractivity contribution >= 4 is 38.4 Å². The van der Waals surface area contributed by atoms with Crippen molar-refractivity contribution in [3.8, 4) is 0 Å². The van der Waals surface area contributed by atoms with E-state index in [0.29, 0.717) is 21.2 Å². The predicted octanol–water partition coefficient (Wildman–Crippen LogP) is 5.55. The Labute approximate surface area is 176 Å². The van der Waals surface area contributed by atoms with Gasteiger partial charge in [-0.3, -0.25) is 0 Å². The minimum absolute atomic E-state index is 0.446. The third-order valence-corrected chi connectivity index (χ3v) is 12.7. The first-order valence-corrected chi connectivity index (χ1v) is 12.2. The van der Waals surface area contributed by atoms with Crippen LogP contribution in [-0.4, -0.2) is 0 Å². The summed E-state index contributed by atoms with van der Waals surface area (Å²) < 4.78 is 55.2. The molecule has 0 aromatic heterocycles. The van der Waals surface area contributed by atoms with Crippen LogP contribution in [-0.2, 0) is 0 Å². The van der Waals surface area contributed by atoms with Crippen LogP contribution in [0.15, 0.2) is 97.1 Å². The van der Waals surface area contributed by atoms with Crippen LogP contribution in [0.25, 0.3) is 0 Å². The molecule has 4 aromatic carbocycles. The van der Waals surface area contributed by atoms with Crippen molar-refractivity contribution in [2.75, 3.05) is 0 Å². The molecule has 0 amide bonds. The van der Waals surface area contributed by atoms with Gasteiger partial charge in [-0.25, -0.2) is 0 Å². The van der Waals surface area contributed by atoms with Gasteiger partial charge in [0.15, 0.2) is 0 Å². The summed E-state index contributed by atoms with van der Waals surface area (Å²) in [5, 5.41) is 2.26. The summed E-state index contributed by atoms with van der Waals surface area (Å²) >= 11 is 7.75. The molecule has 0 fully saturated rings. The third-order valence-electron chi connectivity index (χ3n) is 5.25. The molecule has 0 saturated carbocycles. The van der Waals surface area contributed by atoms with Crippen molar-refractivity contribution < 1.29 is 17.6 Å². The van der Waals surface area contributed by atoms with Crippen LogP contribution in [0.5, 0.6) is 0 Å². The molecule has 0 aliphatic heterocycles. The fraction of sp³-hybridized carbons (Fsp3) is 0. The van der Waals surface area contributed by atoms with E-state index >= 15 is 0 Å². The molecule has 0 N–H and O–H groups in total. The SMILES string of the molecule is Fc1ccc(P(Cl)(c2ccc(F)cc2)(c2ccc(F)cc2)c2ccc(F)cc2)cc1. The van der Waals surface area contributed by atoms with Crippen LogP contribution in [0.4, 0.5) is 17.6 Å². The van der Waals surface area contributed by atoms with E-state index in [1.807, 2.05) is 0 Å². The first kappa shape index (κ1) is 20.6. The zero-order chi connectivity index (χ0) is 21.4. The number of hydrogen-bond acceptors (Lipinski definition) is 0. The Balaban J connectivity index is 2.20. The molecule has 4 aromatic rings. The van der Waals surface area contributed by atoms with Gasteiger partial charge >= 0.3 is 176 Å². The molecule has 152 valence electrons. The van der Waals surface area contributed by atoms with E-state index in [-0.39, 0.29) is 0 Å². The van der Waals surface area contributed by atoms with Gasteiger partial charge in [-0.1, -0.05) is 0 Å². The molecule has 6 heteroatoms. The molecule has 0 atom stereocenters. The van der Waals surface area contributed by atoms with Gasteiger partial charge in [0.25, 0.3) is 0 Å². The Kier molecular flexibility index (Phi) is 5.17. The van der Waals surface area contributed by atoms with Gasteiger partial charge < -0.3 is 0 Å². The maximum atomic E-state index is 13.8. The Bertz CT molecular complexity index is 979. The molecule has 30 heavy (non-hydrogen) atoms. The van der Waals surface area contributed by atoms with Crippen molar-refractivity contribution in [3.05, 3.63) is 120 Å². The van der Waals surface area contributed by atoms with Gasteiger partial charge in [0.2, 0.25) is 0 Å². The van der Waals surface area contributed by atoms with Gasteiger partial charge in [0.1, 0.15) is 0 Å². The van der Waals surface area contributed by atoms with Crippen molar-refractivity contribution in [2.45, 2.75) is 0 Å². The molecule has 4 rings (SSSR count). The number of rotatable bonds is 4. The summed E-state index contributed by atoms with van der Waals surface area (Å²) in [4.78, 5) is 0. The second kappa shape index (κ2) is 7.54. The molecule has 0 unspecified atom stereocenters. The minimum atomic E-state index is -4.11. The van der Waals surface area contributed by atoms with Crippen LogP contribution in [0.1, 0.15) is 0 Å². The topological polar surface area (TPSA) is 0 Å². The molecular weight excluding hydrogens is 431 g/mol. The molecular formula is C24H16ClF4P. The second-order valence-corrected chi connectivity index (χ2v) is 13.0. The molecule has 0 aliphatic carbocycles. The average Bonchev–Trinajstić information content (AvgIpc) is 2.75. The first-order chi connectivity index (χ1) is 14.3. The summed E-state index contributed by atoms with van der Waals surface area (Å²) in [5.41, 5.74) is 0. The Morgan fingerprint density at radius 1 is 0.367 bits per heavy atom. The van der Waals surface area contributed by atoms with Gasteiger partial charge in [0.05, 0.1) is 0 Å². The van der Waals surface area contributed by atoms with Gasteiger partial charge in [-0.2, -0.15) is 0 Å². The van der Waals surface area contributed by atoms with Gasteiger partial charge in [-0.15, -0.1) is 0 Å². The van der Waals surface area contributed by atoms with E-state index in [1.165, 1.54) is 48.5 Å². The monoisotopic (exact) mass is 446 g/mol. The summed E-state index contributed by atoms with van der Waals surface area (Å²) in [7, 11) is 0. The van der Waals surface area contributed by atoms with Crippen LogP contribution in [0.2, 0.25) is 0 Å². The van der Waals surface area contributed by atoms with E-state index in [0.717, 1.165) is 0 Å². The van der Waals surface area contributed by atoms with Crippen molar-refractivity contribution in [1.29, 1.82) is 0 Å². The van der Waals surface area contributed by atoms with E-state index in [1.54, 1.807) is 48.5 Å². The second-order valence-electron chi connectivity index (χ2n) is 6.91. The number of halogens is 5. The summed E-state index contributed by atoms with van der Waals surface area (Å²) in [6.07, 6.45) is 0. The summed E-state index contributed by atoms with van der Waals surface area (Å²) in [5.74, 6) is -5.89. The van der Waals surface area contributed by atoms with Crippen LogP contribution < -0.4 is 21.2 Å². The molecule has 0 bridgehead atoms. The predicted molar refractivity (Wildman–Crippen MR) is 117 cm³/mol. The van der Waals surface area contributed by atoms with Crippen molar-refractivity contribution in [3.63, 3.8) is 0 Å². The molecule has 0 nitrogen and oxygen atoms in total. The van der Waals surface area contributed by atoms with E-state index in [2.05, 4.69) is 0 Å². The van der Waals surface area contributed by atoms with Gasteiger partial charge in [0, 0.05) is 0 Å². The van der Waals surface area contributed by atoms with Crippen molar-refractivity contribution in [1.82, 2.24) is 0 Å². The zero-order valence-electron chi connectivity index (χ0n) is 15.6. The Morgan fingerprint density at radius 3 is 0.700 bits per heavy atom. The molecule has 0 saturated heterocycles. The van der Waals surface area contributed by atoms with Crippen LogP contribution in [0.3, 0.4) is 0 Å². The normalized spacial score (nSPS) is 12.9. The van der Waals surface area contributed by atoms with Gasteiger partial charge in [-0.05, 0) is 0 Å². The molecule has 0 heterocycles. The first-order valence-electron chi connectivity index (χ1n) is 9.10. The number of hydrogen-bond donors (Lipinski definition) is 0. The fourth-order valence-corrected chi connectivity index (χ4v) is 9.76. The maximum absolute atomic E-state index is 13.8. The van der Waals surface area contributed by atoms with E-state index in [4.69, 9.17) is 11.2 Å². The quantitative estimate of drug-likeness (QED) is 0.285. The fourth-order valence-electron chi connectivity index (χ4n) is 3.78. The molecule has 0 spiro atoms. The van der Waals surface area contributed by atoms with Crippen molar-refractivity contribution in [2.24, 2.45) is 0 Å². The van der Waals surface area contributed by atoms with Crippen LogP contribution >= 0.6 is 17.2 Å². The Morgan fingerprint density at radius 2 is 0.533 bits per heavy atom. The Hall–Kier alpha value is -2.68. The average molecular weight is 447 g/mol. The summed E-state index contributed by atoms with van der Waals surface area (Å²) in [6.45, 7) is 0.